The fourth-order valence-corrected chi connectivity index (χ4v) is 6.98. The van der Waals surface area contributed by atoms with Crippen LogP contribution in [0.1, 0.15) is 44.5 Å². The number of fused-ring (bicyclic) bond motifs is 1. The third kappa shape index (κ3) is 5.30. The Morgan fingerprint density at radius 3 is 0.571 bits per heavy atom. The van der Waals surface area contributed by atoms with E-state index in [1.54, 1.807) is 0 Å². The van der Waals surface area contributed by atoms with Gasteiger partial charge in [0, 0.05) is 0 Å². The molecular formula is C42H40. The molecule has 0 radical (unpaired) electrons. The topological polar surface area (TPSA) is 0 Å². The van der Waals surface area contributed by atoms with E-state index in [4.69, 9.17) is 0 Å². The van der Waals surface area contributed by atoms with Crippen molar-refractivity contribution in [3.63, 3.8) is 0 Å². The lowest BCUT2D eigenvalue weighted by Crippen LogP contribution is -1.95. The summed E-state index contributed by atoms with van der Waals surface area (Å²) in [6.45, 7) is 17.6. The predicted molar refractivity (Wildman–Crippen MR) is 184 cm³/mol. The number of hydrogen-bond acceptors (Lipinski definition) is 0. The quantitative estimate of drug-likeness (QED) is 0.207. The van der Waals surface area contributed by atoms with E-state index >= 15 is 0 Å². The molecule has 6 aromatic carbocycles. The van der Waals surface area contributed by atoms with Crippen LogP contribution in [0, 0.1) is 55.4 Å². The first kappa shape index (κ1) is 27.7. The second kappa shape index (κ2) is 10.8. The van der Waals surface area contributed by atoms with Crippen molar-refractivity contribution in [3.8, 4) is 44.5 Å². The van der Waals surface area contributed by atoms with Crippen molar-refractivity contribution in [2.45, 2.75) is 55.4 Å². The molecule has 208 valence electrons. The van der Waals surface area contributed by atoms with Crippen LogP contribution in [0.5, 0.6) is 0 Å². The monoisotopic (exact) mass is 544 g/mol. The van der Waals surface area contributed by atoms with E-state index < -0.39 is 0 Å². The second-order valence-electron chi connectivity index (χ2n) is 12.6. The molecule has 0 unspecified atom stereocenters. The highest BCUT2D eigenvalue weighted by Crippen LogP contribution is 2.46. The molecule has 0 spiro atoms. The first-order valence-corrected chi connectivity index (χ1v) is 15.0. The first-order chi connectivity index (χ1) is 20.0. The maximum absolute atomic E-state index is 2.36. The third-order valence-electron chi connectivity index (χ3n) is 8.29. The van der Waals surface area contributed by atoms with E-state index in [1.165, 1.54) is 99.8 Å². The molecule has 0 nitrogen and oxygen atoms in total. The van der Waals surface area contributed by atoms with E-state index in [0.717, 1.165) is 0 Å². The minimum Gasteiger partial charge on any atom is -0.0563 e. The molecule has 0 aliphatic rings. The maximum atomic E-state index is 2.36. The molecule has 0 aromatic heterocycles. The molecule has 0 heterocycles. The molecule has 0 saturated heterocycles. The Morgan fingerprint density at radius 2 is 0.405 bits per heavy atom. The summed E-state index contributed by atoms with van der Waals surface area (Å²) in [7, 11) is 0. The van der Waals surface area contributed by atoms with Crippen LogP contribution in [0.4, 0.5) is 0 Å². The summed E-state index contributed by atoms with van der Waals surface area (Å²) in [5.41, 5.74) is 20.5. The number of rotatable bonds is 4. The Hall–Kier alpha value is -4.42. The van der Waals surface area contributed by atoms with Gasteiger partial charge >= 0.3 is 0 Å². The molecular weight excluding hydrogens is 504 g/mol. The molecule has 6 rings (SSSR count). The van der Waals surface area contributed by atoms with E-state index in [9.17, 15) is 0 Å². The average Bonchev–Trinajstić information content (AvgIpc) is 2.89. The molecule has 0 bridgehead atoms. The zero-order valence-corrected chi connectivity index (χ0v) is 26.2. The molecule has 0 N–H and O–H groups in total. The van der Waals surface area contributed by atoms with Crippen molar-refractivity contribution in [1.82, 2.24) is 0 Å². The summed E-state index contributed by atoms with van der Waals surface area (Å²) >= 11 is 0. The third-order valence-corrected chi connectivity index (χ3v) is 8.29. The summed E-state index contributed by atoms with van der Waals surface area (Å²) in [4.78, 5) is 0. The lowest BCUT2D eigenvalue weighted by molar-refractivity contribution is 1.38. The van der Waals surface area contributed by atoms with Gasteiger partial charge < -0.3 is 0 Å². The van der Waals surface area contributed by atoms with Gasteiger partial charge in [0.25, 0.3) is 0 Å². The van der Waals surface area contributed by atoms with Crippen molar-refractivity contribution in [3.05, 3.63) is 142 Å². The Bertz CT molecular complexity index is 1630. The van der Waals surface area contributed by atoms with Crippen molar-refractivity contribution < 1.29 is 0 Å². The van der Waals surface area contributed by atoms with Crippen molar-refractivity contribution in [2.75, 3.05) is 0 Å². The van der Waals surface area contributed by atoms with Crippen LogP contribution < -0.4 is 0 Å². The highest BCUT2D eigenvalue weighted by atomic mass is 14.2. The molecule has 0 saturated carbocycles. The maximum Gasteiger partial charge on any atom is -0.00143 e. The highest BCUT2D eigenvalue weighted by Gasteiger charge is 2.20. The predicted octanol–water partition coefficient (Wildman–Crippen LogP) is 12.0. The lowest BCUT2D eigenvalue weighted by atomic mass is 9.82. The lowest BCUT2D eigenvalue weighted by Gasteiger charge is -2.21. The molecule has 6 aromatic rings. The minimum atomic E-state index is 1.27. The Labute approximate surface area is 251 Å². The Morgan fingerprint density at radius 1 is 0.238 bits per heavy atom. The Kier molecular flexibility index (Phi) is 7.11. The zero-order valence-electron chi connectivity index (χ0n) is 26.2. The summed E-state index contributed by atoms with van der Waals surface area (Å²) in [6, 6.07) is 37.2. The van der Waals surface area contributed by atoms with Crippen LogP contribution in [0.3, 0.4) is 0 Å². The van der Waals surface area contributed by atoms with Gasteiger partial charge in [0.05, 0.1) is 0 Å². The molecule has 0 fully saturated rings. The van der Waals surface area contributed by atoms with E-state index in [2.05, 4.69) is 152 Å². The van der Waals surface area contributed by atoms with Crippen LogP contribution in [0.2, 0.25) is 0 Å². The van der Waals surface area contributed by atoms with Gasteiger partial charge in [-0.1, -0.05) is 142 Å². The molecule has 0 aliphatic heterocycles. The van der Waals surface area contributed by atoms with Crippen LogP contribution in [0.25, 0.3) is 55.3 Å². The summed E-state index contributed by atoms with van der Waals surface area (Å²) in [5.74, 6) is 0. The van der Waals surface area contributed by atoms with Crippen molar-refractivity contribution in [2.24, 2.45) is 0 Å². The van der Waals surface area contributed by atoms with Crippen LogP contribution in [-0.2, 0) is 0 Å². The molecule has 0 aliphatic carbocycles. The Balaban J connectivity index is 1.85. The fourth-order valence-electron chi connectivity index (χ4n) is 6.98. The smallest absolute Gasteiger partial charge is 0.00143 e. The van der Waals surface area contributed by atoms with Gasteiger partial charge in [-0.2, -0.15) is 0 Å². The highest BCUT2D eigenvalue weighted by molar-refractivity contribution is 6.17. The van der Waals surface area contributed by atoms with Gasteiger partial charge in [-0.05, 0) is 111 Å². The van der Waals surface area contributed by atoms with Crippen molar-refractivity contribution in [1.29, 1.82) is 0 Å². The number of benzene rings is 6. The first-order valence-electron chi connectivity index (χ1n) is 15.0. The van der Waals surface area contributed by atoms with Gasteiger partial charge in [-0.15, -0.1) is 0 Å². The van der Waals surface area contributed by atoms with Crippen LogP contribution in [-0.4, -0.2) is 0 Å². The van der Waals surface area contributed by atoms with Gasteiger partial charge in [0.15, 0.2) is 0 Å². The second-order valence-corrected chi connectivity index (χ2v) is 12.6. The summed E-state index contributed by atoms with van der Waals surface area (Å²) in [6.07, 6.45) is 0. The van der Waals surface area contributed by atoms with E-state index in [1.807, 2.05) is 0 Å². The van der Waals surface area contributed by atoms with E-state index in [0.29, 0.717) is 0 Å². The molecule has 0 atom stereocenters. The van der Waals surface area contributed by atoms with Crippen LogP contribution >= 0.6 is 0 Å². The number of aryl methyl sites for hydroxylation is 8. The van der Waals surface area contributed by atoms with Gasteiger partial charge in [0.1, 0.15) is 0 Å². The van der Waals surface area contributed by atoms with Crippen molar-refractivity contribution >= 4 is 10.8 Å². The van der Waals surface area contributed by atoms with Gasteiger partial charge in [0.2, 0.25) is 0 Å². The van der Waals surface area contributed by atoms with Crippen LogP contribution in [0.15, 0.2) is 97.1 Å². The number of hydrogen-bond donors (Lipinski definition) is 0. The van der Waals surface area contributed by atoms with Gasteiger partial charge in [-0.3, -0.25) is 0 Å². The zero-order chi connectivity index (χ0) is 29.7. The van der Waals surface area contributed by atoms with E-state index in [-0.39, 0.29) is 0 Å². The molecule has 42 heavy (non-hydrogen) atoms. The summed E-state index contributed by atoms with van der Waals surface area (Å²) in [5, 5.41) is 2.64. The molecule has 0 amide bonds. The minimum absolute atomic E-state index is 1.27. The fraction of sp³-hybridized carbons (Fsp3) is 0.190. The standard InChI is InChI=1S/C42H40/c1-25-13-26(2)18-33(17-25)37-9-10-39(35-21-29(5)15-30(6)22-35)42-40(36-23-31(7)16-32(8)24-36)12-11-38(41(37)42)34-19-27(3)14-28(4)20-34/h9-24H,1-8H3. The molecule has 0 heteroatoms. The largest absolute Gasteiger partial charge is 0.0563 e. The van der Waals surface area contributed by atoms with Gasteiger partial charge in [-0.25, -0.2) is 0 Å². The SMILES string of the molecule is Cc1cc(C)cc(-c2ccc(-c3cc(C)cc(C)c3)c3c(-c4cc(C)cc(C)c4)ccc(-c4cc(C)cc(C)c4)c23)c1. The average molecular weight is 545 g/mol. The summed E-state index contributed by atoms with van der Waals surface area (Å²) < 4.78 is 0. The normalized spacial score (nSPS) is 11.3.